The highest BCUT2D eigenvalue weighted by Crippen LogP contribution is 2.06. The summed E-state index contributed by atoms with van der Waals surface area (Å²) in [4.78, 5) is 25.5. The fourth-order valence-electron chi connectivity index (χ4n) is 1.98. The van der Waals surface area contributed by atoms with Crippen molar-refractivity contribution in [3.63, 3.8) is 0 Å². The molecule has 0 heterocycles. The molecule has 0 radical (unpaired) electrons. The van der Waals surface area contributed by atoms with E-state index >= 15 is 0 Å². The van der Waals surface area contributed by atoms with Crippen molar-refractivity contribution in [1.29, 1.82) is 0 Å². The lowest BCUT2D eigenvalue weighted by Gasteiger charge is -2.21. The molecule has 0 aliphatic rings. The quantitative estimate of drug-likeness (QED) is 0.803. The standard InChI is InChI=1S/C17H25FN2O2/c1-4-20(17(22)10-5-13(2)3)12-16(21)19-11-14-6-8-15(18)9-7-14/h6-9,13H,4-5,10-12H2,1-3H3,(H,19,21). The third kappa shape index (κ3) is 6.70. The van der Waals surface area contributed by atoms with Gasteiger partial charge in [-0.2, -0.15) is 0 Å². The minimum absolute atomic E-state index is 0.00753. The molecule has 5 heteroatoms. The zero-order valence-electron chi connectivity index (χ0n) is 13.6. The van der Waals surface area contributed by atoms with Gasteiger partial charge in [-0.05, 0) is 37.0 Å². The first-order valence-electron chi connectivity index (χ1n) is 7.71. The van der Waals surface area contributed by atoms with Gasteiger partial charge >= 0.3 is 0 Å². The van der Waals surface area contributed by atoms with Crippen LogP contribution in [0.3, 0.4) is 0 Å². The highest BCUT2D eigenvalue weighted by molar-refractivity contribution is 5.84. The monoisotopic (exact) mass is 308 g/mol. The van der Waals surface area contributed by atoms with E-state index in [-0.39, 0.29) is 24.2 Å². The summed E-state index contributed by atoms with van der Waals surface area (Å²) in [5.41, 5.74) is 0.823. The summed E-state index contributed by atoms with van der Waals surface area (Å²) < 4.78 is 12.8. The van der Waals surface area contributed by atoms with Gasteiger partial charge in [0.2, 0.25) is 11.8 Å². The first-order valence-corrected chi connectivity index (χ1v) is 7.71. The van der Waals surface area contributed by atoms with Gasteiger partial charge in [-0.3, -0.25) is 9.59 Å². The zero-order valence-corrected chi connectivity index (χ0v) is 13.6. The van der Waals surface area contributed by atoms with Crippen LogP contribution in [0.5, 0.6) is 0 Å². The second-order valence-corrected chi connectivity index (χ2v) is 5.74. The maximum Gasteiger partial charge on any atom is 0.239 e. The third-order valence-corrected chi connectivity index (χ3v) is 3.41. The molecule has 0 atom stereocenters. The summed E-state index contributed by atoms with van der Waals surface area (Å²) in [5, 5.41) is 2.75. The van der Waals surface area contributed by atoms with Gasteiger partial charge < -0.3 is 10.2 Å². The summed E-state index contributed by atoms with van der Waals surface area (Å²) in [6.07, 6.45) is 1.29. The van der Waals surface area contributed by atoms with E-state index in [2.05, 4.69) is 19.2 Å². The van der Waals surface area contributed by atoms with Crippen LogP contribution in [0.1, 0.15) is 39.2 Å². The minimum Gasteiger partial charge on any atom is -0.350 e. The van der Waals surface area contributed by atoms with Crippen molar-refractivity contribution >= 4 is 11.8 Å². The fourth-order valence-corrected chi connectivity index (χ4v) is 1.98. The second kappa shape index (κ2) is 9.18. The average Bonchev–Trinajstić information content (AvgIpc) is 2.49. The van der Waals surface area contributed by atoms with Gasteiger partial charge in [-0.1, -0.05) is 26.0 Å². The smallest absolute Gasteiger partial charge is 0.239 e. The molecule has 4 nitrogen and oxygen atoms in total. The lowest BCUT2D eigenvalue weighted by atomic mass is 10.1. The van der Waals surface area contributed by atoms with E-state index in [4.69, 9.17) is 0 Å². The Bertz CT molecular complexity index is 486. The van der Waals surface area contributed by atoms with E-state index in [0.717, 1.165) is 12.0 Å². The van der Waals surface area contributed by atoms with Crippen LogP contribution in [-0.4, -0.2) is 29.8 Å². The molecule has 122 valence electrons. The number of amides is 2. The third-order valence-electron chi connectivity index (χ3n) is 3.41. The molecule has 0 spiro atoms. The molecule has 1 N–H and O–H groups in total. The van der Waals surface area contributed by atoms with Gasteiger partial charge in [0.15, 0.2) is 0 Å². The van der Waals surface area contributed by atoms with Crippen molar-refractivity contribution in [2.24, 2.45) is 5.92 Å². The number of benzene rings is 1. The van der Waals surface area contributed by atoms with Crippen LogP contribution in [0.25, 0.3) is 0 Å². The largest absolute Gasteiger partial charge is 0.350 e. The first kappa shape index (κ1) is 18.1. The van der Waals surface area contributed by atoms with Crippen LogP contribution in [0, 0.1) is 11.7 Å². The molecule has 0 fully saturated rings. The lowest BCUT2D eigenvalue weighted by molar-refractivity contribution is -0.136. The summed E-state index contributed by atoms with van der Waals surface area (Å²) in [6, 6.07) is 5.96. The Hall–Kier alpha value is -1.91. The van der Waals surface area contributed by atoms with Crippen molar-refractivity contribution in [2.45, 2.75) is 40.2 Å². The summed E-state index contributed by atoms with van der Waals surface area (Å²) in [7, 11) is 0. The number of likely N-dealkylation sites (N-methyl/N-ethyl adjacent to an activating group) is 1. The van der Waals surface area contributed by atoms with Crippen LogP contribution >= 0.6 is 0 Å². The van der Waals surface area contributed by atoms with E-state index in [9.17, 15) is 14.0 Å². The van der Waals surface area contributed by atoms with Crippen LogP contribution < -0.4 is 5.32 Å². The molecule has 2 amide bonds. The minimum atomic E-state index is -0.303. The number of carbonyl (C=O) groups is 2. The molecule has 1 aromatic carbocycles. The van der Waals surface area contributed by atoms with E-state index in [1.165, 1.54) is 12.1 Å². The SMILES string of the molecule is CCN(CC(=O)NCc1ccc(F)cc1)C(=O)CCC(C)C. The van der Waals surface area contributed by atoms with Crippen molar-refractivity contribution in [3.8, 4) is 0 Å². The molecule has 0 saturated heterocycles. The average molecular weight is 308 g/mol. The summed E-state index contributed by atoms with van der Waals surface area (Å²) in [5.74, 6) is -0.0323. The van der Waals surface area contributed by atoms with Gasteiger partial charge in [0.05, 0.1) is 6.54 Å². The predicted octanol–water partition coefficient (Wildman–Crippen LogP) is 2.73. The van der Waals surface area contributed by atoms with E-state index in [1.807, 2.05) is 6.92 Å². The van der Waals surface area contributed by atoms with Crippen LogP contribution in [0.15, 0.2) is 24.3 Å². The number of carbonyl (C=O) groups excluding carboxylic acids is 2. The number of hydrogen-bond acceptors (Lipinski definition) is 2. The zero-order chi connectivity index (χ0) is 16.5. The fraction of sp³-hybridized carbons (Fsp3) is 0.529. The molecule has 0 aliphatic carbocycles. The summed E-state index contributed by atoms with van der Waals surface area (Å²) >= 11 is 0. The molecule has 0 saturated carbocycles. The van der Waals surface area contributed by atoms with Crippen molar-refractivity contribution in [1.82, 2.24) is 10.2 Å². The topological polar surface area (TPSA) is 49.4 Å². The van der Waals surface area contributed by atoms with E-state index < -0.39 is 0 Å². The van der Waals surface area contributed by atoms with Crippen LogP contribution in [-0.2, 0) is 16.1 Å². The molecule has 0 bridgehead atoms. The maximum atomic E-state index is 12.8. The Kier molecular flexibility index (Phi) is 7.57. The van der Waals surface area contributed by atoms with Gasteiger partial charge in [0.25, 0.3) is 0 Å². The number of halogens is 1. The van der Waals surface area contributed by atoms with E-state index in [1.54, 1.807) is 17.0 Å². The highest BCUT2D eigenvalue weighted by atomic mass is 19.1. The molecular formula is C17H25FN2O2. The molecule has 0 unspecified atom stereocenters. The van der Waals surface area contributed by atoms with Gasteiger partial charge in [0, 0.05) is 19.5 Å². The summed E-state index contributed by atoms with van der Waals surface area (Å²) in [6.45, 7) is 6.91. The first-order chi connectivity index (χ1) is 10.4. The Morgan fingerprint density at radius 3 is 2.41 bits per heavy atom. The number of nitrogens with zero attached hydrogens (tertiary/aromatic N) is 1. The molecule has 1 rings (SSSR count). The highest BCUT2D eigenvalue weighted by Gasteiger charge is 2.15. The Labute approximate surface area is 131 Å². The molecule has 1 aromatic rings. The Morgan fingerprint density at radius 2 is 1.86 bits per heavy atom. The molecule has 22 heavy (non-hydrogen) atoms. The van der Waals surface area contributed by atoms with Crippen molar-refractivity contribution in [2.75, 3.05) is 13.1 Å². The molecule has 0 aliphatic heterocycles. The normalized spacial score (nSPS) is 10.6. The van der Waals surface area contributed by atoms with E-state index in [0.29, 0.717) is 25.4 Å². The van der Waals surface area contributed by atoms with Crippen LogP contribution in [0.4, 0.5) is 4.39 Å². The Morgan fingerprint density at radius 1 is 1.23 bits per heavy atom. The number of hydrogen-bond donors (Lipinski definition) is 1. The molecular weight excluding hydrogens is 283 g/mol. The maximum absolute atomic E-state index is 12.8. The number of rotatable bonds is 8. The van der Waals surface area contributed by atoms with Gasteiger partial charge in [0.1, 0.15) is 5.82 Å². The molecule has 0 aromatic heterocycles. The van der Waals surface area contributed by atoms with Crippen LogP contribution in [0.2, 0.25) is 0 Å². The number of nitrogens with one attached hydrogen (secondary N) is 1. The lowest BCUT2D eigenvalue weighted by Crippen LogP contribution is -2.40. The second-order valence-electron chi connectivity index (χ2n) is 5.74. The predicted molar refractivity (Wildman–Crippen MR) is 84.6 cm³/mol. The van der Waals surface area contributed by atoms with Gasteiger partial charge in [-0.25, -0.2) is 4.39 Å². The van der Waals surface area contributed by atoms with Crippen molar-refractivity contribution in [3.05, 3.63) is 35.6 Å². The van der Waals surface area contributed by atoms with Crippen molar-refractivity contribution < 1.29 is 14.0 Å². The Balaban J connectivity index is 2.40. The van der Waals surface area contributed by atoms with Gasteiger partial charge in [-0.15, -0.1) is 0 Å².